The molecule has 0 radical (unpaired) electrons. The van der Waals surface area contributed by atoms with Crippen LogP contribution in [0.5, 0.6) is 17.2 Å². The van der Waals surface area contributed by atoms with Gasteiger partial charge in [0.15, 0.2) is 0 Å². The van der Waals surface area contributed by atoms with Gasteiger partial charge < -0.3 is 15.2 Å². The maximum atomic E-state index is 6.17. The lowest BCUT2D eigenvalue weighted by Crippen LogP contribution is -2.04. The van der Waals surface area contributed by atoms with Gasteiger partial charge in [0.1, 0.15) is 17.2 Å². The minimum Gasteiger partial charge on any atom is -0.497 e. The summed E-state index contributed by atoms with van der Waals surface area (Å²) in [6.07, 6.45) is 0.680. The molecule has 0 spiro atoms. The van der Waals surface area contributed by atoms with Crippen LogP contribution in [0.15, 0.2) is 42.5 Å². The van der Waals surface area contributed by atoms with E-state index in [2.05, 4.69) is 0 Å². The molecule has 0 saturated carbocycles. The fourth-order valence-corrected chi connectivity index (χ4v) is 2.07. The van der Waals surface area contributed by atoms with E-state index in [9.17, 15) is 0 Å². The molecule has 0 aliphatic rings. The summed E-state index contributed by atoms with van der Waals surface area (Å²) in [5.41, 5.74) is 6.53. The zero-order valence-corrected chi connectivity index (χ0v) is 11.5. The Balaban J connectivity index is 2.29. The number of hydrogen-bond donors (Lipinski definition) is 1. The van der Waals surface area contributed by atoms with E-state index >= 15 is 0 Å². The summed E-state index contributed by atoms with van der Waals surface area (Å²) in [6.45, 7) is 0.526. The van der Waals surface area contributed by atoms with E-state index < -0.39 is 0 Å². The second kappa shape index (κ2) is 6.45. The van der Waals surface area contributed by atoms with Crippen LogP contribution in [0.1, 0.15) is 5.56 Å². The smallest absolute Gasteiger partial charge is 0.132 e. The summed E-state index contributed by atoms with van der Waals surface area (Å²) >= 11 is 6.17. The molecule has 0 aliphatic carbocycles. The summed E-state index contributed by atoms with van der Waals surface area (Å²) in [6, 6.07) is 13.0. The number of ether oxygens (including phenoxy) is 2. The normalized spacial score (nSPS) is 10.3. The third-order valence-corrected chi connectivity index (χ3v) is 3.09. The van der Waals surface area contributed by atoms with Crippen molar-refractivity contribution in [2.45, 2.75) is 6.42 Å². The second-order valence-electron chi connectivity index (χ2n) is 4.04. The Kier molecular flexibility index (Phi) is 4.66. The van der Waals surface area contributed by atoms with E-state index in [1.807, 2.05) is 42.5 Å². The van der Waals surface area contributed by atoms with Crippen molar-refractivity contribution in [2.24, 2.45) is 5.73 Å². The number of benzene rings is 2. The van der Waals surface area contributed by atoms with Gasteiger partial charge in [0, 0.05) is 16.7 Å². The number of hydrogen-bond acceptors (Lipinski definition) is 3. The zero-order valence-electron chi connectivity index (χ0n) is 10.7. The molecule has 0 bridgehead atoms. The monoisotopic (exact) mass is 277 g/mol. The minimum absolute atomic E-state index is 0.526. The Labute approximate surface area is 117 Å². The van der Waals surface area contributed by atoms with Crippen molar-refractivity contribution in [3.05, 3.63) is 53.1 Å². The van der Waals surface area contributed by atoms with Crippen LogP contribution in [0.25, 0.3) is 0 Å². The highest BCUT2D eigenvalue weighted by molar-refractivity contribution is 6.31. The van der Waals surface area contributed by atoms with E-state index in [1.165, 1.54) is 0 Å². The first-order valence-electron chi connectivity index (χ1n) is 6.04. The first-order chi connectivity index (χ1) is 9.24. The molecule has 4 heteroatoms. The van der Waals surface area contributed by atoms with Crippen LogP contribution in [0.4, 0.5) is 0 Å². The molecule has 2 N–H and O–H groups in total. The lowest BCUT2D eigenvalue weighted by atomic mass is 10.1. The Hall–Kier alpha value is -1.71. The van der Waals surface area contributed by atoms with Gasteiger partial charge in [-0.15, -0.1) is 0 Å². The van der Waals surface area contributed by atoms with Crippen molar-refractivity contribution in [1.82, 2.24) is 0 Å². The molecule has 0 saturated heterocycles. The molecular weight excluding hydrogens is 262 g/mol. The van der Waals surface area contributed by atoms with Crippen LogP contribution in [0.3, 0.4) is 0 Å². The van der Waals surface area contributed by atoms with Crippen LogP contribution in [-0.2, 0) is 6.42 Å². The predicted octanol–water partition coefficient (Wildman–Crippen LogP) is 3.64. The molecule has 0 unspecified atom stereocenters. The summed E-state index contributed by atoms with van der Waals surface area (Å²) in [4.78, 5) is 0. The predicted molar refractivity (Wildman–Crippen MR) is 77.3 cm³/mol. The van der Waals surface area contributed by atoms with Crippen molar-refractivity contribution >= 4 is 11.6 Å². The van der Waals surface area contributed by atoms with Crippen LogP contribution in [0, 0.1) is 0 Å². The van der Waals surface area contributed by atoms with Gasteiger partial charge in [-0.05, 0) is 37.2 Å². The quantitative estimate of drug-likeness (QED) is 0.907. The average molecular weight is 278 g/mol. The molecule has 19 heavy (non-hydrogen) atoms. The third-order valence-electron chi connectivity index (χ3n) is 2.74. The maximum Gasteiger partial charge on any atom is 0.132 e. The van der Waals surface area contributed by atoms with Crippen molar-refractivity contribution in [3.63, 3.8) is 0 Å². The van der Waals surface area contributed by atoms with Crippen LogP contribution < -0.4 is 15.2 Å². The van der Waals surface area contributed by atoms with Gasteiger partial charge in [-0.2, -0.15) is 0 Å². The van der Waals surface area contributed by atoms with Crippen LogP contribution >= 0.6 is 11.6 Å². The zero-order chi connectivity index (χ0) is 13.7. The average Bonchev–Trinajstić information content (AvgIpc) is 2.43. The highest BCUT2D eigenvalue weighted by Crippen LogP contribution is 2.31. The van der Waals surface area contributed by atoms with Gasteiger partial charge in [-0.3, -0.25) is 0 Å². The molecule has 2 rings (SSSR count). The first kappa shape index (κ1) is 13.7. The maximum absolute atomic E-state index is 6.17. The third kappa shape index (κ3) is 3.40. The standard InChI is InChI=1S/C15H16ClNO2/c1-18-11-4-2-5-12(10-11)19-15-7-3-6-14(16)13(15)8-9-17/h2-7,10H,8-9,17H2,1H3. The molecule has 0 aliphatic heterocycles. The Bertz CT molecular complexity index is 558. The largest absolute Gasteiger partial charge is 0.497 e. The van der Waals surface area contributed by atoms with Crippen molar-refractivity contribution in [2.75, 3.05) is 13.7 Å². The SMILES string of the molecule is COc1cccc(Oc2cccc(Cl)c2CCN)c1. The molecule has 0 fully saturated rings. The highest BCUT2D eigenvalue weighted by Gasteiger charge is 2.08. The molecule has 3 nitrogen and oxygen atoms in total. The number of methoxy groups -OCH3 is 1. The number of rotatable bonds is 5. The van der Waals surface area contributed by atoms with Crippen molar-refractivity contribution in [1.29, 1.82) is 0 Å². The topological polar surface area (TPSA) is 44.5 Å². The summed E-state index contributed by atoms with van der Waals surface area (Å²) in [5.74, 6) is 2.19. The molecule has 0 atom stereocenters. The fourth-order valence-electron chi connectivity index (χ4n) is 1.81. The number of nitrogens with two attached hydrogens (primary N) is 1. The molecule has 2 aromatic rings. The number of halogens is 1. The molecule has 0 heterocycles. The van der Waals surface area contributed by atoms with E-state index in [1.54, 1.807) is 7.11 Å². The molecule has 0 aromatic heterocycles. The lowest BCUT2D eigenvalue weighted by Gasteiger charge is -2.12. The molecule has 0 amide bonds. The molecule has 2 aromatic carbocycles. The van der Waals surface area contributed by atoms with Crippen LogP contribution in [-0.4, -0.2) is 13.7 Å². The van der Waals surface area contributed by atoms with Gasteiger partial charge in [0.05, 0.1) is 7.11 Å². The molecular formula is C15H16ClNO2. The first-order valence-corrected chi connectivity index (χ1v) is 6.41. The van der Waals surface area contributed by atoms with E-state index in [-0.39, 0.29) is 0 Å². The van der Waals surface area contributed by atoms with Gasteiger partial charge in [0.2, 0.25) is 0 Å². The summed E-state index contributed by atoms with van der Waals surface area (Å²) in [7, 11) is 1.62. The van der Waals surface area contributed by atoms with Gasteiger partial charge >= 0.3 is 0 Å². The minimum atomic E-state index is 0.526. The van der Waals surface area contributed by atoms with E-state index in [0.717, 1.165) is 17.1 Å². The van der Waals surface area contributed by atoms with Gasteiger partial charge in [0.25, 0.3) is 0 Å². The van der Waals surface area contributed by atoms with Crippen LogP contribution in [0.2, 0.25) is 5.02 Å². The van der Waals surface area contributed by atoms with E-state index in [0.29, 0.717) is 23.7 Å². The van der Waals surface area contributed by atoms with Crippen molar-refractivity contribution in [3.8, 4) is 17.2 Å². The summed E-state index contributed by atoms with van der Waals surface area (Å²) in [5, 5.41) is 0.672. The highest BCUT2D eigenvalue weighted by atomic mass is 35.5. The Morgan fingerprint density at radius 2 is 1.84 bits per heavy atom. The van der Waals surface area contributed by atoms with Crippen molar-refractivity contribution < 1.29 is 9.47 Å². The van der Waals surface area contributed by atoms with Gasteiger partial charge in [-0.25, -0.2) is 0 Å². The van der Waals surface area contributed by atoms with Gasteiger partial charge in [-0.1, -0.05) is 23.7 Å². The van der Waals surface area contributed by atoms with E-state index in [4.69, 9.17) is 26.8 Å². The fraction of sp³-hybridized carbons (Fsp3) is 0.200. The Morgan fingerprint density at radius 1 is 1.11 bits per heavy atom. The summed E-state index contributed by atoms with van der Waals surface area (Å²) < 4.78 is 11.0. The molecule has 100 valence electrons. The second-order valence-corrected chi connectivity index (χ2v) is 4.44. The Morgan fingerprint density at radius 3 is 2.58 bits per heavy atom. The lowest BCUT2D eigenvalue weighted by molar-refractivity contribution is 0.408.